The first-order valence-electron chi connectivity index (χ1n) is 7.55. The molecule has 0 bridgehead atoms. The van der Waals surface area contributed by atoms with Crippen molar-refractivity contribution in [2.24, 2.45) is 5.73 Å². The van der Waals surface area contributed by atoms with Gasteiger partial charge in [0.1, 0.15) is 11.9 Å². The van der Waals surface area contributed by atoms with Crippen LogP contribution in [0.3, 0.4) is 0 Å². The highest BCUT2D eigenvalue weighted by Crippen LogP contribution is 2.30. The van der Waals surface area contributed by atoms with Gasteiger partial charge in [-0.15, -0.1) is 0 Å². The van der Waals surface area contributed by atoms with Crippen LogP contribution in [0.4, 0.5) is 0 Å². The van der Waals surface area contributed by atoms with E-state index in [0.29, 0.717) is 6.10 Å². The molecule has 2 N–H and O–H groups in total. The molecule has 0 saturated heterocycles. The summed E-state index contributed by atoms with van der Waals surface area (Å²) < 4.78 is 6.06. The Balaban J connectivity index is 1.61. The molecule has 1 aromatic carbocycles. The maximum Gasteiger partial charge on any atom is 0.123 e. The number of rotatable bonds is 5. The number of hydrogen-bond acceptors (Lipinski definition) is 3. The maximum atomic E-state index is 6.06. The van der Waals surface area contributed by atoms with E-state index in [9.17, 15) is 0 Å². The predicted molar refractivity (Wildman–Crippen MR) is 77.4 cm³/mol. The van der Waals surface area contributed by atoms with Crippen molar-refractivity contribution in [2.75, 3.05) is 19.6 Å². The molecule has 0 spiro atoms. The zero-order valence-corrected chi connectivity index (χ0v) is 11.6. The summed E-state index contributed by atoms with van der Waals surface area (Å²) in [6.07, 6.45) is 6.77. The van der Waals surface area contributed by atoms with Gasteiger partial charge in [0, 0.05) is 32.1 Å². The summed E-state index contributed by atoms with van der Waals surface area (Å²) in [5, 5.41) is 0. The van der Waals surface area contributed by atoms with Crippen LogP contribution in [0.25, 0.3) is 0 Å². The van der Waals surface area contributed by atoms with Gasteiger partial charge in [-0.1, -0.05) is 31.0 Å². The van der Waals surface area contributed by atoms with Gasteiger partial charge < -0.3 is 10.5 Å². The molecule has 0 radical (unpaired) electrons. The van der Waals surface area contributed by atoms with Crippen LogP contribution in [0, 0.1) is 0 Å². The first-order chi connectivity index (χ1) is 9.36. The van der Waals surface area contributed by atoms with Gasteiger partial charge in [0.2, 0.25) is 0 Å². The van der Waals surface area contributed by atoms with Crippen LogP contribution in [-0.2, 0) is 6.42 Å². The van der Waals surface area contributed by atoms with Crippen molar-refractivity contribution in [3.63, 3.8) is 0 Å². The number of fused-ring (bicyclic) bond motifs is 1. The summed E-state index contributed by atoms with van der Waals surface area (Å²) in [4.78, 5) is 2.56. The molecule has 1 aromatic rings. The van der Waals surface area contributed by atoms with Crippen LogP contribution in [0.15, 0.2) is 24.3 Å². The standard InChI is InChI=1S/C16H24N2O/c17-9-10-18(14-6-2-3-7-14)12-15-11-13-5-1-4-8-16(13)19-15/h1,4-5,8,14-15H,2-3,6-7,9-12,17H2. The van der Waals surface area contributed by atoms with Gasteiger partial charge in [-0.2, -0.15) is 0 Å². The van der Waals surface area contributed by atoms with Gasteiger partial charge >= 0.3 is 0 Å². The molecule has 3 rings (SSSR count). The molecule has 3 nitrogen and oxygen atoms in total. The van der Waals surface area contributed by atoms with Gasteiger partial charge in [-0.25, -0.2) is 0 Å². The fraction of sp³-hybridized carbons (Fsp3) is 0.625. The first-order valence-corrected chi connectivity index (χ1v) is 7.55. The van der Waals surface area contributed by atoms with Crippen LogP contribution in [0.5, 0.6) is 5.75 Å². The molecule has 19 heavy (non-hydrogen) atoms. The van der Waals surface area contributed by atoms with Crippen LogP contribution in [-0.4, -0.2) is 36.7 Å². The average molecular weight is 260 g/mol. The third-order valence-electron chi connectivity index (χ3n) is 4.41. The van der Waals surface area contributed by atoms with Crippen molar-refractivity contribution in [1.82, 2.24) is 4.90 Å². The van der Waals surface area contributed by atoms with E-state index in [2.05, 4.69) is 29.2 Å². The lowest BCUT2D eigenvalue weighted by molar-refractivity contribution is 0.120. The first kappa shape index (κ1) is 12.9. The molecule has 1 fully saturated rings. The summed E-state index contributed by atoms with van der Waals surface area (Å²) >= 11 is 0. The Morgan fingerprint density at radius 2 is 2.00 bits per heavy atom. The van der Waals surface area contributed by atoms with Gasteiger partial charge in [-0.05, 0) is 24.5 Å². The number of hydrogen-bond donors (Lipinski definition) is 1. The summed E-state index contributed by atoms with van der Waals surface area (Å²) in [7, 11) is 0. The molecule has 1 unspecified atom stereocenters. The zero-order chi connectivity index (χ0) is 13.1. The highest BCUT2D eigenvalue weighted by molar-refractivity contribution is 5.37. The Kier molecular flexibility index (Phi) is 4.04. The smallest absolute Gasteiger partial charge is 0.123 e. The highest BCUT2D eigenvalue weighted by atomic mass is 16.5. The summed E-state index contributed by atoms with van der Waals surface area (Å²) in [5.74, 6) is 1.08. The lowest BCUT2D eigenvalue weighted by atomic mass is 10.1. The lowest BCUT2D eigenvalue weighted by Crippen LogP contribution is -2.43. The summed E-state index contributed by atoms with van der Waals surface area (Å²) in [6, 6.07) is 9.14. The van der Waals surface area contributed by atoms with Crippen molar-refractivity contribution in [3.05, 3.63) is 29.8 Å². The van der Waals surface area contributed by atoms with Gasteiger partial charge in [0.05, 0.1) is 0 Å². The molecule has 2 aliphatic rings. The fourth-order valence-electron chi connectivity index (χ4n) is 3.48. The minimum atomic E-state index is 0.310. The molecule has 1 saturated carbocycles. The van der Waals surface area contributed by atoms with Gasteiger partial charge in [0.15, 0.2) is 0 Å². The normalized spacial score (nSPS) is 22.7. The van der Waals surface area contributed by atoms with E-state index in [1.165, 1.54) is 31.2 Å². The Morgan fingerprint density at radius 3 is 2.74 bits per heavy atom. The van der Waals surface area contributed by atoms with E-state index in [1.807, 2.05) is 0 Å². The van der Waals surface area contributed by atoms with Crippen LogP contribution < -0.4 is 10.5 Å². The minimum absolute atomic E-state index is 0.310. The highest BCUT2D eigenvalue weighted by Gasteiger charge is 2.28. The molecular formula is C16H24N2O. The maximum absolute atomic E-state index is 6.06. The number of nitrogens with zero attached hydrogens (tertiary/aromatic N) is 1. The molecular weight excluding hydrogens is 236 g/mol. The van der Waals surface area contributed by atoms with E-state index in [4.69, 9.17) is 10.5 Å². The van der Waals surface area contributed by atoms with Crippen LogP contribution >= 0.6 is 0 Å². The number of ether oxygens (including phenoxy) is 1. The lowest BCUT2D eigenvalue weighted by Gasteiger charge is -2.30. The Morgan fingerprint density at radius 1 is 1.21 bits per heavy atom. The molecule has 0 aromatic heterocycles. The number of para-hydroxylation sites is 1. The third kappa shape index (κ3) is 2.93. The quantitative estimate of drug-likeness (QED) is 0.882. The Labute approximate surface area is 115 Å². The second-order valence-corrected chi connectivity index (χ2v) is 5.77. The fourth-order valence-corrected chi connectivity index (χ4v) is 3.48. The Bertz CT molecular complexity index is 390. The molecule has 3 heteroatoms. The van der Waals surface area contributed by atoms with Gasteiger partial charge in [-0.3, -0.25) is 4.90 Å². The molecule has 0 amide bonds. The van der Waals surface area contributed by atoms with Gasteiger partial charge in [0.25, 0.3) is 0 Å². The molecule has 1 aliphatic heterocycles. The van der Waals surface area contributed by atoms with E-state index in [0.717, 1.165) is 37.8 Å². The zero-order valence-electron chi connectivity index (χ0n) is 11.6. The van der Waals surface area contributed by atoms with E-state index >= 15 is 0 Å². The van der Waals surface area contributed by atoms with Crippen LogP contribution in [0.1, 0.15) is 31.2 Å². The van der Waals surface area contributed by atoms with Crippen molar-refractivity contribution in [3.8, 4) is 5.75 Å². The Hall–Kier alpha value is -1.06. The summed E-state index contributed by atoms with van der Waals surface area (Å²) in [5.41, 5.74) is 7.13. The van der Waals surface area contributed by atoms with Crippen LogP contribution in [0.2, 0.25) is 0 Å². The summed E-state index contributed by atoms with van der Waals surface area (Å²) in [6.45, 7) is 2.77. The van der Waals surface area contributed by atoms with Crippen molar-refractivity contribution in [1.29, 1.82) is 0 Å². The van der Waals surface area contributed by atoms with E-state index < -0.39 is 0 Å². The molecule has 1 heterocycles. The second-order valence-electron chi connectivity index (χ2n) is 5.77. The third-order valence-corrected chi connectivity index (χ3v) is 4.41. The largest absolute Gasteiger partial charge is 0.488 e. The van der Waals surface area contributed by atoms with Crippen molar-refractivity contribution < 1.29 is 4.74 Å². The van der Waals surface area contributed by atoms with E-state index in [-0.39, 0.29) is 0 Å². The topological polar surface area (TPSA) is 38.5 Å². The molecule has 104 valence electrons. The minimum Gasteiger partial charge on any atom is -0.488 e. The predicted octanol–water partition coefficient (Wildman–Crippen LogP) is 2.19. The molecule has 1 atom stereocenters. The van der Waals surface area contributed by atoms with E-state index in [1.54, 1.807) is 0 Å². The number of nitrogens with two attached hydrogens (primary N) is 1. The monoisotopic (exact) mass is 260 g/mol. The molecule has 1 aliphatic carbocycles. The van der Waals surface area contributed by atoms with Crippen molar-refractivity contribution >= 4 is 0 Å². The average Bonchev–Trinajstić information content (AvgIpc) is 3.07. The number of benzene rings is 1. The van der Waals surface area contributed by atoms with Crippen molar-refractivity contribution in [2.45, 2.75) is 44.2 Å². The SMILES string of the molecule is NCCN(CC1Cc2ccccc2O1)C1CCCC1. The second kappa shape index (κ2) is 5.93.